The highest BCUT2D eigenvalue weighted by Gasteiger charge is 2.35. The maximum Gasteiger partial charge on any atom is 0.341 e. The van der Waals surface area contributed by atoms with Crippen LogP contribution in [0, 0.1) is 5.82 Å². The fraction of sp³-hybridized carbons (Fsp3) is 0.200. The fourth-order valence-electron chi connectivity index (χ4n) is 6.26. The number of carbonyl (C=O) groups is 2. The second-order valence-electron chi connectivity index (χ2n) is 11.9. The van der Waals surface area contributed by atoms with Crippen molar-refractivity contribution >= 4 is 61.5 Å². The van der Waals surface area contributed by atoms with Crippen LogP contribution in [-0.4, -0.2) is 83.4 Å². The molecule has 7 rings (SSSR count). The number of carboxylic acid groups (broad SMARTS) is 1. The number of carboxylic acids is 1. The monoisotopic (exact) mass is 710 g/mol. The zero-order chi connectivity index (χ0) is 35.9. The lowest BCUT2D eigenvalue weighted by Gasteiger charge is -2.38. The van der Waals surface area contributed by atoms with E-state index in [1.165, 1.54) is 42.9 Å². The number of nitrogens with one attached hydrogen (secondary N) is 1. The van der Waals surface area contributed by atoms with Crippen LogP contribution < -0.4 is 20.0 Å². The van der Waals surface area contributed by atoms with E-state index in [4.69, 9.17) is 0 Å². The smallest absolute Gasteiger partial charge is 0.341 e. The van der Waals surface area contributed by atoms with Gasteiger partial charge in [0, 0.05) is 62.3 Å². The fourth-order valence-corrected chi connectivity index (χ4v) is 7.21. The summed E-state index contributed by atoms with van der Waals surface area (Å²) in [5.74, 6) is -2.34. The first-order chi connectivity index (χ1) is 24.5. The van der Waals surface area contributed by atoms with Gasteiger partial charge in [-0.3, -0.25) is 19.4 Å². The van der Waals surface area contributed by atoms with E-state index in [1.807, 2.05) is 36.1 Å². The third-order valence-corrected chi connectivity index (χ3v) is 10.2. The first-order valence-electron chi connectivity index (χ1n) is 16.0. The van der Waals surface area contributed by atoms with Gasteiger partial charge in [0.25, 0.3) is 15.9 Å². The number of pyridine rings is 1. The van der Waals surface area contributed by atoms with Crippen LogP contribution in [0.2, 0.25) is 0 Å². The number of hydrogen-bond acceptors (Lipinski definition) is 10. The van der Waals surface area contributed by atoms with E-state index in [1.54, 1.807) is 21.6 Å². The van der Waals surface area contributed by atoms with Gasteiger partial charge in [-0.1, -0.05) is 18.2 Å². The predicted octanol–water partition coefficient (Wildman–Crippen LogP) is 3.70. The number of hydrogen-bond donors (Lipinski definition) is 2. The second kappa shape index (κ2) is 13.4. The van der Waals surface area contributed by atoms with Gasteiger partial charge in [-0.25, -0.2) is 37.3 Å². The highest BCUT2D eigenvalue weighted by molar-refractivity contribution is 7.92. The summed E-state index contributed by atoms with van der Waals surface area (Å²) in [6.07, 6.45) is 4.13. The van der Waals surface area contributed by atoms with Crippen LogP contribution in [0.3, 0.4) is 0 Å². The largest absolute Gasteiger partial charge is 0.477 e. The first-order valence-corrected chi connectivity index (χ1v) is 17.5. The van der Waals surface area contributed by atoms with E-state index in [0.29, 0.717) is 60.9 Å². The van der Waals surface area contributed by atoms with E-state index in [9.17, 15) is 27.9 Å². The number of aromatic nitrogens is 3. The van der Waals surface area contributed by atoms with E-state index in [-0.39, 0.29) is 34.5 Å². The van der Waals surface area contributed by atoms with Gasteiger partial charge in [0.2, 0.25) is 11.4 Å². The number of nitrogens with zero attached hydrogens (tertiary/aromatic N) is 7. The summed E-state index contributed by atoms with van der Waals surface area (Å²) in [6.45, 7) is 4.37. The van der Waals surface area contributed by atoms with Gasteiger partial charge in [-0.05, 0) is 55.5 Å². The number of aryl methyl sites for hydroxylation is 1. The Bertz CT molecular complexity index is 2380. The molecule has 1 fully saturated rings. The molecule has 0 saturated carbocycles. The molecule has 4 heterocycles. The molecule has 1 amide bonds. The number of aliphatic imine (C=N–C) groups is 1. The highest BCUT2D eigenvalue weighted by Crippen LogP contribution is 2.32. The van der Waals surface area contributed by atoms with Crippen LogP contribution >= 0.6 is 0 Å². The lowest BCUT2D eigenvalue weighted by molar-refractivity contribution is -0.112. The standard InChI is InChI=1S/C35H31FN8O6S/c1-2-42-20-26(34(47)48)32(45)25-18-27(36)30(19-29(25)42)43-16-14-41(15-17-43)21-44-28-7-4-3-6-24(28)31(33(44)46)39-22-8-10-23(11-9-22)51(49,50)40-35-37-12-5-13-38-35/h3-13,18-20H,2,14-17,21H2,1H3,(H,47,48)(H,37,38,40). The summed E-state index contributed by atoms with van der Waals surface area (Å²) >= 11 is 0. The van der Waals surface area contributed by atoms with E-state index in [0.717, 1.165) is 6.07 Å². The number of para-hydroxylation sites is 1. The van der Waals surface area contributed by atoms with Crippen LogP contribution in [0.5, 0.6) is 0 Å². The lowest BCUT2D eigenvalue weighted by atomic mass is 10.1. The maximum atomic E-state index is 15.4. The molecule has 0 atom stereocenters. The van der Waals surface area contributed by atoms with E-state index < -0.39 is 32.8 Å². The maximum absolute atomic E-state index is 15.4. The van der Waals surface area contributed by atoms with Gasteiger partial charge in [0.1, 0.15) is 17.1 Å². The summed E-state index contributed by atoms with van der Waals surface area (Å²) < 4.78 is 45.0. The molecule has 2 N–H and O–H groups in total. The van der Waals surface area contributed by atoms with Crippen molar-refractivity contribution < 1.29 is 27.5 Å². The molecular formula is C35H31FN8O6S. The average Bonchev–Trinajstić information content (AvgIpc) is 3.38. The molecule has 2 aliphatic rings. The Morgan fingerprint density at radius 1 is 0.961 bits per heavy atom. The topological polar surface area (TPSA) is 170 Å². The van der Waals surface area contributed by atoms with Gasteiger partial charge >= 0.3 is 5.97 Å². The number of aromatic carboxylic acids is 1. The van der Waals surface area contributed by atoms with Crippen molar-refractivity contribution in [1.82, 2.24) is 19.4 Å². The lowest BCUT2D eigenvalue weighted by Crippen LogP contribution is -2.51. The van der Waals surface area contributed by atoms with E-state index in [2.05, 4.69) is 24.6 Å². The van der Waals surface area contributed by atoms with E-state index >= 15 is 4.39 Å². The third-order valence-electron chi connectivity index (χ3n) is 8.85. The number of sulfonamides is 1. The Hall–Kier alpha value is -6.00. The Morgan fingerprint density at radius 3 is 2.35 bits per heavy atom. The quantitative estimate of drug-likeness (QED) is 0.230. The molecule has 0 aliphatic carbocycles. The highest BCUT2D eigenvalue weighted by atomic mass is 32.2. The van der Waals surface area contributed by atoms with Crippen molar-refractivity contribution in [3.05, 3.63) is 112 Å². The number of carbonyl (C=O) groups excluding carboxylic acids is 1. The SMILES string of the molecule is CCn1cc(C(=O)O)c(=O)c2cc(F)c(N3CCN(CN4C(=O)C(=Nc5ccc(S(=O)(=O)Nc6ncccn6)cc5)c5ccccc54)CC3)cc21. The Balaban J connectivity index is 1.06. The predicted molar refractivity (Wildman–Crippen MR) is 189 cm³/mol. The Kier molecular flexibility index (Phi) is 8.78. The van der Waals surface area contributed by atoms with Crippen molar-refractivity contribution in [3.8, 4) is 0 Å². The summed E-state index contributed by atoms with van der Waals surface area (Å²) in [7, 11) is -3.95. The van der Waals surface area contributed by atoms with Crippen molar-refractivity contribution in [2.75, 3.05) is 47.4 Å². The van der Waals surface area contributed by atoms with Crippen LogP contribution in [0.15, 0.2) is 100 Å². The minimum Gasteiger partial charge on any atom is -0.477 e. The molecule has 1 saturated heterocycles. The molecule has 0 radical (unpaired) electrons. The Labute approximate surface area is 291 Å². The van der Waals surface area contributed by atoms with Crippen molar-refractivity contribution in [1.29, 1.82) is 0 Å². The minimum absolute atomic E-state index is 0.0106. The van der Waals surface area contributed by atoms with Crippen molar-refractivity contribution in [3.63, 3.8) is 0 Å². The summed E-state index contributed by atoms with van der Waals surface area (Å²) in [6, 6.07) is 17.4. The van der Waals surface area contributed by atoms with Gasteiger partial charge < -0.3 is 14.6 Å². The third kappa shape index (κ3) is 6.41. The molecule has 0 spiro atoms. The summed E-state index contributed by atoms with van der Waals surface area (Å²) in [4.78, 5) is 56.1. The molecule has 2 aromatic heterocycles. The number of benzene rings is 3. The van der Waals surface area contributed by atoms with Crippen LogP contribution in [-0.2, 0) is 21.4 Å². The van der Waals surface area contributed by atoms with Crippen LogP contribution in [0.1, 0.15) is 22.8 Å². The molecule has 0 bridgehead atoms. The summed E-state index contributed by atoms with van der Waals surface area (Å²) in [5.41, 5.74) is 1.57. The number of anilines is 3. The van der Waals surface area contributed by atoms with Crippen LogP contribution in [0.4, 0.5) is 27.4 Å². The second-order valence-corrected chi connectivity index (χ2v) is 13.6. The van der Waals surface area contributed by atoms with Crippen molar-refractivity contribution in [2.45, 2.75) is 18.4 Å². The number of rotatable bonds is 9. The Morgan fingerprint density at radius 2 is 1.67 bits per heavy atom. The zero-order valence-corrected chi connectivity index (χ0v) is 28.0. The number of piperazine rings is 1. The average molecular weight is 711 g/mol. The molecule has 16 heteroatoms. The minimum atomic E-state index is -3.95. The molecule has 14 nitrogen and oxygen atoms in total. The van der Waals surface area contributed by atoms with Gasteiger partial charge in [-0.2, -0.15) is 0 Å². The molecule has 2 aliphatic heterocycles. The summed E-state index contributed by atoms with van der Waals surface area (Å²) in [5, 5.41) is 9.46. The number of fused-ring (bicyclic) bond motifs is 2. The zero-order valence-electron chi connectivity index (χ0n) is 27.2. The van der Waals surface area contributed by atoms with Gasteiger partial charge in [-0.15, -0.1) is 0 Å². The van der Waals surface area contributed by atoms with Crippen LogP contribution in [0.25, 0.3) is 10.9 Å². The first kappa shape index (κ1) is 33.5. The molecule has 51 heavy (non-hydrogen) atoms. The normalized spacial score (nSPS) is 15.8. The molecule has 260 valence electrons. The van der Waals surface area contributed by atoms with Gasteiger partial charge in [0.05, 0.1) is 34.1 Å². The molecular weight excluding hydrogens is 679 g/mol. The van der Waals surface area contributed by atoms with Crippen molar-refractivity contribution in [2.24, 2.45) is 4.99 Å². The molecule has 3 aromatic carbocycles. The van der Waals surface area contributed by atoms with Gasteiger partial charge in [0.15, 0.2) is 0 Å². The molecule has 0 unspecified atom stereocenters. The number of amides is 1. The number of halogens is 1. The molecule has 5 aromatic rings.